The van der Waals surface area contributed by atoms with E-state index in [1.54, 1.807) is 6.07 Å². The molecule has 61 heavy (non-hydrogen) atoms. The SMILES string of the molecule is Cc1cc(C)c(-c2cc(-c3cc(-c4c(C)cc(C)cc4C)cc4cccnc34)[c-]c(-c3cccc4c3nc(-c3ccccc3O)n4-c3ccc(C(C)(C)C)cc3)c2)c(C)c1.[Pt]. The summed E-state index contributed by atoms with van der Waals surface area (Å²) < 4.78 is 2.17. The topological polar surface area (TPSA) is 50.9 Å². The van der Waals surface area contributed by atoms with Crippen molar-refractivity contribution < 1.29 is 26.2 Å². The van der Waals surface area contributed by atoms with E-state index in [4.69, 9.17) is 9.97 Å². The summed E-state index contributed by atoms with van der Waals surface area (Å²) in [5, 5.41) is 12.3. The van der Waals surface area contributed by atoms with E-state index in [9.17, 15) is 5.11 Å². The van der Waals surface area contributed by atoms with E-state index < -0.39 is 0 Å². The molecule has 0 amide bonds. The zero-order chi connectivity index (χ0) is 42.0. The van der Waals surface area contributed by atoms with Crippen molar-refractivity contribution in [1.82, 2.24) is 14.5 Å². The van der Waals surface area contributed by atoms with Crippen LogP contribution in [0.15, 0.2) is 134 Å². The molecule has 0 aliphatic heterocycles. The Kier molecular flexibility index (Phi) is 11.0. The van der Waals surface area contributed by atoms with Crippen molar-refractivity contribution in [3.8, 4) is 67.3 Å². The molecule has 0 atom stereocenters. The maximum absolute atomic E-state index is 11.3. The first-order chi connectivity index (χ1) is 28.7. The van der Waals surface area contributed by atoms with Gasteiger partial charge in [-0.2, -0.15) is 0 Å². The molecule has 0 fully saturated rings. The van der Waals surface area contributed by atoms with E-state index in [-0.39, 0.29) is 32.2 Å². The van der Waals surface area contributed by atoms with Gasteiger partial charge in [-0.25, -0.2) is 4.98 Å². The number of phenolic OH excluding ortho intramolecular Hbond substituents is 1. The van der Waals surface area contributed by atoms with Crippen molar-refractivity contribution in [2.75, 3.05) is 0 Å². The number of para-hydroxylation sites is 2. The molecule has 7 aromatic carbocycles. The Morgan fingerprint density at radius 1 is 0.557 bits per heavy atom. The van der Waals surface area contributed by atoms with Crippen molar-refractivity contribution in [1.29, 1.82) is 0 Å². The van der Waals surface area contributed by atoms with Crippen LogP contribution in [0.1, 0.15) is 59.7 Å². The smallest absolute Gasteiger partial charge is 0.148 e. The summed E-state index contributed by atoms with van der Waals surface area (Å²) in [6.07, 6.45) is 1.88. The minimum absolute atomic E-state index is 0. The molecule has 0 saturated heterocycles. The minimum atomic E-state index is 0. The second kappa shape index (κ2) is 16.1. The number of aromatic nitrogens is 3. The van der Waals surface area contributed by atoms with Crippen LogP contribution in [0, 0.1) is 47.6 Å². The number of phenols is 1. The zero-order valence-electron chi connectivity index (χ0n) is 36.3. The van der Waals surface area contributed by atoms with Gasteiger partial charge in [-0.1, -0.05) is 121 Å². The van der Waals surface area contributed by atoms with E-state index in [1.165, 1.54) is 50.1 Å². The quantitative estimate of drug-likeness (QED) is 0.169. The molecule has 306 valence electrons. The molecule has 0 bridgehead atoms. The average Bonchev–Trinajstić information content (AvgIpc) is 3.59. The van der Waals surface area contributed by atoms with Crippen LogP contribution in [0.3, 0.4) is 0 Å². The Hall–Kier alpha value is -6.09. The van der Waals surface area contributed by atoms with Gasteiger partial charge in [-0.05, 0) is 139 Å². The Labute approximate surface area is 374 Å². The number of aryl methyl sites for hydroxylation is 6. The molecular weight excluding hydrogens is 926 g/mol. The molecule has 9 rings (SSSR count). The molecule has 0 saturated carbocycles. The van der Waals surface area contributed by atoms with Gasteiger partial charge in [0.05, 0.1) is 16.6 Å². The maximum Gasteiger partial charge on any atom is 0.148 e. The summed E-state index contributed by atoms with van der Waals surface area (Å²) in [4.78, 5) is 10.4. The van der Waals surface area contributed by atoms with Gasteiger partial charge in [-0.15, -0.1) is 29.3 Å². The Morgan fingerprint density at radius 2 is 1.13 bits per heavy atom. The predicted molar refractivity (Wildman–Crippen MR) is 251 cm³/mol. The summed E-state index contributed by atoms with van der Waals surface area (Å²) >= 11 is 0. The third-order valence-electron chi connectivity index (χ3n) is 11.9. The fourth-order valence-electron chi connectivity index (χ4n) is 9.35. The number of pyridine rings is 1. The number of hydrogen-bond acceptors (Lipinski definition) is 3. The number of imidazole rings is 1. The van der Waals surface area contributed by atoms with Gasteiger partial charge in [0.15, 0.2) is 0 Å². The molecule has 1 N–H and O–H groups in total. The fraction of sp³-hybridized carbons (Fsp3) is 0.179. The Bertz CT molecular complexity index is 3100. The third-order valence-corrected chi connectivity index (χ3v) is 11.9. The van der Waals surface area contributed by atoms with Crippen LogP contribution in [0.5, 0.6) is 5.75 Å². The van der Waals surface area contributed by atoms with Gasteiger partial charge in [0.25, 0.3) is 0 Å². The van der Waals surface area contributed by atoms with E-state index in [1.807, 2.05) is 30.5 Å². The molecule has 4 nitrogen and oxygen atoms in total. The summed E-state index contributed by atoms with van der Waals surface area (Å²) in [6, 6.07) is 48.9. The second-order valence-corrected chi connectivity index (χ2v) is 17.6. The largest absolute Gasteiger partial charge is 0.507 e. The first-order valence-corrected chi connectivity index (χ1v) is 20.8. The van der Waals surface area contributed by atoms with Crippen LogP contribution in [0.4, 0.5) is 0 Å². The second-order valence-electron chi connectivity index (χ2n) is 17.6. The number of hydrogen-bond donors (Lipinski definition) is 1. The maximum atomic E-state index is 11.3. The van der Waals surface area contributed by atoms with Crippen LogP contribution in [0.25, 0.3) is 83.5 Å². The van der Waals surface area contributed by atoms with Crippen LogP contribution in [-0.4, -0.2) is 19.6 Å². The first kappa shape index (κ1) is 41.6. The van der Waals surface area contributed by atoms with Crippen molar-refractivity contribution in [3.63, 3.8) is 0 Å². The van der Waals surface area contributed by atoms with E-state index >= 15 is 0 Å². The van der Waals surface area contributed by atoms with Crippen LogP contribution in [-0.2, 0) is 26.5 Å². The van der Waals surface area contributed by atoms with E-state index in [2.05, 4.69) is 170 Å². The molecule has 0 unspecified atom stereocenters. The van der Waals surface area contributed by atoms with Crippen LogP contribution < -0.4 is 0 Å². The molecule has 5 heteroatoms. The predicted octanol–water partition coefficient (Wildman–Crippen LogP) is 14.6. The number of benzene rings is 7. The molecule has 2 heterocycles. The normalized spacial score (nSPS) is 11.6. The van der Waals surface area contributed by atoms with Gasteiger partial charge in [-0.3, -0.25) is 9.55 Å². The number of nitrogens with zero attached hydrogens (tertiary/aromatic N) is 3. The Morgan fingerprint density at radius 3 is 1.74 bits per heavy atom. The van der Waals surface area contributed by atoms with Gasteiger partial charge < -0.3 is 5.11 Å². The number of fused-ring (bicyclic) bond motifs is 2. The molecule has 0 radical (unpaired) electrons. The standard InChI is InChI=1S/C56H50N3O.Pt/c1-33-24-35(3)51(36(4)25-33)42-30-40(29-41(31-42)48-32-43(28-39-14-13-23-57-53(39)48)52-37(5)26-34(2)27-38(52)6)46-16-12-17-49-54(46)58-55(47-15-10-11-18-50(47)60)59(49)45-21-19-44(20-22-45)56(7,8)9;/h10-28,30-32,60H,1-9H3;/q-1;. The molecule has 0 aliphatic carbocycles. The molecule has 9 aromatic rings. The van der Waals surface area contributed by atoms with Crippen molar-refractivity contribution in [2.24, 2.45) is 0 Å². The summed E-state index contributed by atoms with van der Waals surface area (Å²) in [5.74, 6) is 0.855. The summed E-state index contributed by atoms with van der Waals surface area (Å²) in [7, 11) is 0. The third kappa shape index (κ3) is 7.64. The molecule has 0 aliphatic rings. The van der Waals surface area contributed by atoms with Crippen LogP contribution >= 0.6 is 0 Å². The number of aromatic hydroxyl groups is 1. The van der Waals surface area contributed by atoms with Crippen LogP contribution in [0.2, 0.25) is 0 Å². The Balaban J connectivity index is 0.00000514. The monoisotopic (exact) mass is 975 g/mol. The molecular formula is C56H50N3OPt-. The number of rotatable bonds is 6. The fourth-order valence-corrected chi connectivity index (χ4v) is 9.35. The van der Waals surface area contributed by atoms with Crippen molar-refractivity contribution in [2.45, 2.75) is 67.7 Å². The molecule has 2 aromatic heterocycles. The van der Waals surface area contributed by atoms with Gasteiger partial charge in [0, 0.05) is 38.5 Å². The van der Waals surface area contributed by atoms with E-state index in [0.29, 0.717) is 11.4 Å². The van der Waals surface area contributed by atoms with Gasteiger partial charge in [0.2, 0.25) is 0 Å². The minimum Gasteiger partial charge on any atom is -0.507 e. The summed E-state index contributed by atoms with van der Waals surface area (Å²) in [6.45, 7) is 19.8. The van der Waals surface area contributed by atoms with Gasteiger partial charge >= 0.3 is 0 Å². The van der Waals surface area contributed by atoms with E-state index in [0.717, 1.165) is 61.0 Å². The average molecular weight is 976 g/mol. The first-order valence-electron chi connectivity index (χ1n) is 20.8. The molecule has 0 spiro atoms. The van der Waals surface area contributed by atoms with Gasteiger partial charge in [0.1, 0.15) is 11.6 Å². The van der Waals surface area contributed by atoms with Crippen molar-refractivity contribution in [3.05, 3.63) is 179 Å². The zero-order valence-corrected chi connectivity index (χ0v) is 38.6. The van der Waals surface area contributed by atoms with Crippen molar-refractivity contribution >= 4 is 21.9 Å². The summed E-state index contributed by atoms with van der Waals surface area (Å²) in [5.41, 5.74) is 21.7.